The molecule has 2 nitrogen and oxygen atoms in total. The standard InChI is InChI=1S/C18H14O2S2/c1-2-16(19)20-11-10-12-6-5-9-15-17(12)18(21)13-7-3-4-8-14(13)22-15/h2-9H,1,10-11H2. The van der Waals surface area contributed by atoms with E-state index >= 15 is 0 Å². The first-order chi connectivity index (χ1) is 10.7. The second kappa shape index (κ2) is 6.38. The molecule has 4 heteroatoms. The average molecular weight is 326 g/mol. The van der Waals surface area contributed by atoms with Crippen LogP contribution in [0.25, 0.3) is 20.2 Å². The Kier molecular flexibility index (Phi) is 4.32. The monoisotopic (exact) mass is 326 g/mol. The van der Waals surface area contributed by atoms with Crippen LogP contribution in [0.1, 0.15) is 5.56 Å². The van der Waals surface area contributed by atoms with E-state index in [-0.39, 0.29) is 0 Å². The molecule has 0 saturated carbocycles. The summed E-state index contributed by atoms with van der Waals surface area (Å²) in [5, 5.41) is 2.20. The molecular formula is C18H14O2S2. The number of rotatable bonds is 4. The third-order valence-electron chi connectivity index (χ3n) is 3.47. The van der Waals surface area contributed by atoms with E-state index in [2.05, 4.69) is 24.8 Å². The minimum Gasteiger partial charge on any atom is -0.462 e. The Morgan fingerprint density at radius 2 is 1.95 bits per heavy atom. The number of esters is 1. The van der Waals surface area contributed by atoms with Crippen molar-refractivity contribution in [2.45, 2.75) is 6.42 Å². The lowest BCUT2D eigenvalue weighted by atomic mass is 10.1. The summed E-state index contributed by atoms with van der Waals surface area (Å²) in [6, 6.07) is 14.3. The molecule has 2 aromatic carbocycles. The molecule has 0 aliphatic carbocycles. The van der Waals surface area contributed by atoms with Crippen molar-refractivity contribution in [1.82, 2.24) is 0 Å². The third-order valence-corrected chi connectivity index (χ3v) is 5.03. The summed E-state index contributed by atoms with van der Waals surface area (Å²) >= 11 is 7.42. The SMILES string of the molecule is C=CC(=O)OCCc1cccc2sc3ccccc3c(=S)c12. The first-order valence-corrected chi connectivity index (χ1v) is 8.16. The van der Waals surface area contributed by atoms with Gasteiger partial charge in [0.1, 0.15) is 0 Å². The lowest BCUT2D eigenvalue weighted by Gasteiger charge is -2.08. The first-order valence-electron chi connectivity index (χ1n) is 6.93. The van der Waals surface area contributed by atoms with Crippen molar-refractivity contribution < 1.29 is 9.53 Å². The zero-order valence-corrected chi connectivity index (χ0v) is 13.5. The second-order valence-corrected chi connectivity index (χ2v) is 6.33. The van der Waals surface area contributed by atoms with Crippen molar-refractivity contribution in [1.29, 1.82) is 0 Å². The highest BCUT2D eigenvalue weighted by molar-refractivity contribution is 7.72. The van der Waals surface area contributed by atoms with Crippen LogP contribution in [0, 0.1) is 4.51 Å². The molecule has 0 unspecified atom stereocenters. The predicted octanol–water partition coefficient (Wildman–Crippen LogP) is 5.06. The fourth-order valence-electron chi connectivity index (χ4n) is 2.44. The maximum atomic E-state index is 11.1. The highest BCUT2D eigenvalue weighted by atomic mass is 32.1. The van der Waals surface area contributed by atoms with Crippen molar-refractivity contribution in [3.8, 4) is 0 Å². The van der Waals surface area contributed by atoms with Crippen molar-refractivity contribution in [2.75, 3.05) is 6.61 Å². The van der Waals surface area contributed by atoms with Gasteiger partial charge in [0.15, 0.2) is 0 Å². The minimum atomic E-state index is -0.396. The minimum absolute atomic E-state index is 0.330. The number of benzene rings is 2. The van der Waals surface area contributed by atoms with E-state index in [0.717, 1.165) is 25.5 Å². The largest absolute Gasteiger partial charge is 0.462 e. The Labute approximate surface area is 137 Å². The molecule has 0 fully saturated rings. The summed E-state index contributed by atoms with van der Waals surface area (Å²) in [4.78, 5) is 11.1. The Bertz CT molecular complexity index is 925. The molecule has 0 amide bonds. The Morgan fingerprint density at radius 1 is 1.18 bits per heavy atom. The number of carbonyl (C=O) groups excluding carboxylic acids is 1. The Balaban J connectivity index is 2.07. The molecule has 0 aliphatic heterocycles. The van der Waals surface area contributed by atoms with Crippen molar-refractivity contribution in [3.63, 3.8) is 0 Å². The molecule has 0 radical (unpaired) electrons. The summed E-state index contributed by atoms with van der Waals surface area (Å²) in [6.45, 7) is 3.72. The summed E-state index contributed by atoms with van der Waals surface area (Å²) in [5.74, 6) is -0.396. The molecule has 0 spiro atoms. The van der Waals surface area contributed by atoms with E-state index in [1.807, 2.05) is 24.3 Å². The molecule has 0 bridgehead atoms. The zero-order chi connectivity index (χ0) is 15.5. The van der Waals surface area contributed by atoms with Gasteiger partial charge >= 0.3 is 5.97 Å². The number of hydrogen-bond acceptors (Lipinski definition) is 4. The molecule has 0 N–H and O–H groups in total. The van der Waals surface area contributed by atoms with Crippen LogP contribution < -0.4 is 0 Å². The number of hydrogen-bond donors (Lipinski definition) is 0. The molecule has 3 aromatic rings. The van der Waals surface area contributed by atoms with Gasteiger partial charge < -0.3 is 4.74 Å². The molecule has 1 heterocycles. The molecule has 110 valence electrons. The molecule has 3 rings (SSSR count). The van der Waals surface area contributed by atoms with Gasteiger partial charge in [-0.25, -0.2) is 4.79 Å². The van der Waals surface area contributed by atoms with Crippen LogP contribution in [0.5, 0.6) is 0 Å². The van der Waals surface area contributed by atoms with Crippen LogP contribution in [-0.4, -0.2) is 12.6 Å². The fourth-order valence-corrected chi connectivity index (χ4v) is 4.14. The van der Waals surface area contributed by atoms with Crippen LogP contribution in [0.15, 0.2) is 55.1 Å². The smallest absolute Gasteiger partial charge is 0.330 e. The van der Waals surface area contributed by atoms with Gasteiger partial charge in [0.05, 0.1) is 11.1 Å². The number of carbonyl (C=O) groups is 1. The lowest BCUT2D eigenvalue weighted by molar-refractivity contribution is -0.137. The molecule has 0 aliphatic rings. The van der Waals surface area contributed by atoms with Gasteiger partial charge in [-0.2, -0.15) is 0 Å². The van der Waals surface area contributed by atoms with E-state index in [0.29, 0.717) is 13.0 Å². The van der Waals surface area contributed by atoms with Gasteiger partial charge in [-0.1, -0.05) is 49.1 Å². The van der Waals surface area contributed by atoms with E-state index in [9.17, 15) is 4.79 Å². The zero-order valence-electron chi connectivity index (χ0n) is 11.9. The van der Waals surface area contributed by atoms with Gasteiger partial charge in [-0.05, 0) is 17.7 Å². The van der Waals surface area contributed by atoms with Crippen LogP contribution in [0.4, 0.5) is 0 Å². The van der Waals surface area contributed by atoms with Crippen LogP contribution in [-0.2, 0) is 16.0 Å². The lowest BCUT2D eigenvalue weighted by Crippen LogP contribution is -2.04. The molecule has 0 saturated heterocycles. The van der Waals surface area contributed by atoms with Gasteiger partial charge in [0, 0.05) is 32.7 Å². The molecule has 1 aromatic heterocycles. The summed E-state index contributed by atoms with van der Waals surface area (Å²) in [6.07, 6.45) is 1.82. The predicted molar refractivity (Wildman–Crippen MR) is 95.0 cm³/mol. The molecule has 22 heavy (non-hydrogen) atoms. The van der Waals surface area contributed by atoms with Crippen LogP contribution in [0.2, 0.25) is 0 Å². The van der Waals surface area contributed by atoms with Gasteiger partial charge in [0.25, 0.3) is 0 Å². The fraction of sp³-hybridized carbons (Fsp3) is 0.111. The Hall–Kier alpha value is -2.04. The topological polar surface area (TPSA) is 26.3 Å². The van der Waals surface area contributed by atoms with E-state index in [1.165, 1.54) is 10.8 Å². The quantitative estimate of drug-likeness (QED) is 0.290. The Morgan fingerprint density at radius 3 is 2.77 bits per heavy atom. The highest BCUT2D eigenvalue weighted by Gasteiger charge is 2.08. The van der Waals surface area contributed by atoms with E-state index in [1.54, 1.807) is 11.3 Å². The second-order valence-electron chi connectivity index (χ2n) is 4.84. The van der Waals surface area contributed by atoms with Crippen molar-refractivity contribution in [3.05, 3.63) is 65.2 Å². The van der Waals surface area contributed by atoms with Gasteiger partial charge in [-0.3, -0.25) is 0 Å². The van der Waals surface area contributed by atoms with Crippen molar-refractivity contribution >= 4 is 49.7 Å². The maximum Gasteiger partial charge on any atom is 0.330 e. The molecular weight excluding hydrogens is 312 g/mol. The molecule has 0 atom stereocenters. The van der Waals surface area contributed by atoms with Gasteiger partial charge in [-0.15, -0.1) is 11.3 Å². The van der Waals surface area contributed by atoms with E-state index in [4.69, 9.17) is 17.0 Å². The van der Waals surface area contributed by atoms with Crippen LogP contribution >= 0.6 is 23.6 Å². The van der Waals surface area contributed by atoms with Crippen molar-refractivity contribution in [2.24, 2.45) is 0 Å². The van der Waals surface area contributed by atoms with Crippen LogP contribution in [0.3, 0.4) is 0 Å². The normalized spacial score (nSPS) is 10.7. The van der Waals surface area contributed by atoms with Gasteiger partial charge in [0.2, 0.25) is 0 Å². The number of ether oxygens (including phenoxy) is 1. The first kappa shape index (κ1) is 14.9. The van der Waals surface area contributed by atoms with E-state index < -0.39 is 5.97 Å². The maximum absolute atomic E-state index is 11.1. The third kappa shape index (κ3) is 2.80. The summed E-state index contributed by atoms with van der Waals surface area (Å²) < 4.78 is 8.31. The highest BCUT2D eigenvalue weighted by Crippen LogP contribution is 2.32. The summed E-state index contributed by atoms with van der Waals surface area (Å²) in [5.41, 5.74) is 1.11. The average Bonchev–Trinajstić information content (AvgIpc) is 2.55. The summed E-state index contributed by atoms with van der Waals surface area (Å²) in [7, 11) is 0. The number of fused-ring (bicyclic) bond motifs is 2.